The molecular formula is C28H35N7O. The zero-order chi connectivity index (χ0) is 25.2. The molecular weight excluding hydrogens is 450 g/mol. The highest BCUT2D eigenvalue weighted by molar-refractivity contribution is 5.95. The number of rotatable bonds is 5. The summed E-state index contributed by atoms with van der Waals surface area (Å²) in [4.78, 5) is 36.0. The second-order valence-corrected chi connectivity index (χ2v) is 10.0. The molecule has 188 valence electrons. The summed E-state index contributed by atoms with van der Waals surface area (Å²) in [7, 11) is 6.15. The van der Waals surface area contributed by atoms with E-state index in [-0.39, 0.29) is 11.8 Å². The van der Waals surface area contributed by atoms with E-state index in [1.807, 2.05) is 48.3 Å². The van der Waals surface area contributed by atoms with Gasteiger partial charge >= 0.3 is 0 Å². The minimum Gasteiger partial charge on any atom is -0.377 e. The number of benzene rings is 1. The first-order chi connectivity index (χ1) is 17.4. The number of anilines is 2. The van der Waals surface area contributed by atoms with Gasteiger partial charge in [0.05, 0.1) is 23.1 Å². The third-order valence-electron chi connectivity index (χ3n) is 7.50. The molecule has 0 unspecified atom stereocenters. The molecule has 0 atom stereocenters. The number of fused-ring (bicyclic) bond motifs is 1. The van der Waals surface area contributed by atoms with E-state index in [0.717, 1.165) is 72.7 Å². The van der Waals surface area contributed by atoms with Crippen molar-refractivity contribution in [2.45, 2.75) is 18.8 Å². The van der Waals surface area contributed by atoms with Gasteiger partial charge in [-0.05, 0) is 49.7 Å². The highest BCUT2D eigenvalue weighted by Gasteiger charge is 2.27. The summed E-state index contributed by atoms with van der Waals surface area (Å²) in [6.07, 6.45) is 7.16. The number of hydrogen-bond acceptors (Lipinski definition) is 7. The van der Waals surface area contributed by atoms with Crippen molar-refractivity contribution >= 4 is 34.4 Å². The second kappa shape index (κ2) is 10.2. The van der Waals surface area contributed by atoms with Gasteiger partial charge in [-0.25, -0.2) is 9.97 Å². The zero-order valence-electron chi connectivity index (χ0n) is 21.5. The van der Waals surface area contributed by atoms with Crippen LogP contribution >= 0.6 is 0 Å². The quantitative estimate of drug-likeness (QED) is 0.548. The van der Waals surface area contributed by atoms with Crippen LogP contribution in [-0.2, 0) is 0 Å². The van der Waals surface area contributed by atoms with Crippen LogP contribution in [0.4, 0.5) is 11.4 Å². The third kappa shape index (κ3) is 4.78. The highest BCUT2D eigenvalue weighted by Crippen LogP contribution is 2.32. The zero-order valence-corrected chi connectivity index (χ0v) is 21.5. The fourth-order valence-electron chi connectivity index (χ4n) is 5.29. The first-order valence-corrected chi connectivity index (χ1v) is 12.7. The van der Waals surface area contributed by atoms with E-state index in [9.17, 15) is 4.79 Å². The number of hydrogen-bond donors (Lipinski definition) is 0. The van der Waals surface area contributed by atoms with E-state index in [1.165, 1.54) is 0 Å². The van der Waals surface area contributed by atoms with Gasteiger partial charge in [0.2, 0.25) is 0 Å². The Labute approximate surface area is 213 Å². The van der Waals surface area contributed by atoms with Crippen molar-refractivity contribution in [3.05, 3.63) is 60.2 Å². The lowest BCUT2D eigenvalue weighted by Gasteiger charge is -2.34. The molecule has 0 bridgehead atoms. The Hall–Kier alpha value is -3.52. The van der Waals surface area contributed by atoms with Crippen molar-refractivity contribution < 1.29 is 4.79 Å². The third-order valence-corrected chi connectivity index (χ3v) is 7.50. The van der Waals surface area contributed by atoms with E-state index >= 15 is 0 Å². The lowest BCUT2D eigenvalue weighted by atomic mass is 9.92. The van der Waals surface area contributed by atoms with Gasteiger partial charge in [-0.2, -0.15) is 0 Å². The number of pyridine rings is 1. The Bertz CT molecular complexity index is 1260. The summed E-state index contributed by atoms with van der Waals surface area (Å²) in [5.74, 6) is 0.339. The van der Waals surface area contributed by atoms with Crippen LogP contribution < -0.4 is 9.80 Å². The van der Waals surface area contributed by atoms with Crippen molar-refractivity contribution in [1.82, 2.24) is 24.8 Å². The Balaban J connectivity index is 1.29. The predicted octanol–water partition coefficient (Wildman–Crippen LogP) is 3.51. The van der Waals surface area contributed by atoms with Crippen LogP contribution in [0, 0.1) is 0 Å². The first kappa shape index (κ1) is 24.2. The summed E-state index contributed by atoms with van der Waals surface area (Å²) < 4.78 is 0. The highest BCUT2D eigenvalue weighted by atomic mass is 16.2. The van der Waals surface area contributed by atoms with Gasteiger partial charge in [0, 0.05) is 70.5 Å². The summed E-state index contributed by atoms with van der Waals surface area (Å²) in [5, 5.41) is 0. The van der Waals surface area contributed by atoms with Crippen molar-refractivity contribution in [3.63, 3.8) is 0 Å². The predicted molar refractivity (Wildman–Crippen MR) is 146 cm³/mol. The van der Waals surface area contributed by atoms with Gasteiger partial charge in [-0.15, -0.1) is 0 Å². The maximum atomic E-state index is 13.2. The van der Waals surface area contributed by atoms with Crippen LogP contribution in [0.15, 0.2) is 43.4 Å². The topological polar surface area (TPSA) is 68.7 Å². The molecule has 2 aliphatic heterocycles. The van der Waals surface area contributed by atoms with Crippen molar-refractivity contribution in [2.24, 2.45) is 0 Å². The largest absolute Gasteiger partial charge is 0.377 e. The molecule has 2 saturated heterocycles. The maximum Gasteiger partial charge on any atom is 0.253 e. The Kier molecular flexibility index (Phi) is 6.87. The molecule has 0 spiro atoms. The number of amides is 1. The number of likely N-dealkylation sites (N-methyl/N-ethyl adjacent to an activating group) is 1. The molecule has 8 heteroatoms. The van der Waals surface area contributed by atoms with E-state index in [4.69, 9.17) is 4.98 Å². The van der Waals surface area contributed by atoms with E-state index in [2.05, 4.69) is 39.5 Å². The van der Waals surface area contributed by atoms with E-state index in [1.54, 1.807) is 12.4 Å². The molecule has 0 radical (unpaired) electrons. The number of nitrogens with zero attached hydrogens (tertiary/aromatic N) is 7. The van der Waals surface area contributed by atoms with Crippen LogP contribution in [0.25, 0.3) is 17.1 Å². The molecule has 3 aromatic rings. The van der Waals surface area contributed by atoms with E-state index in [0.29, 0.717) is 18.7 Å². The minimum atomic E-state index is 0.0735. The van der Waals surface area contributed by atoms with Gasteiger partial charge in [-0.1, -0.05) is 12.7 Å². The number of carbonyl (C=O) groups is 1. The van der Waals surface area contributed by atoms with Crippen LogP contribution in [0.3, 0.4) is 0 Å². The molecule has 2 aromatic heterocycles. The number of carbonyl (C=O) groups excluding carboxylic acids is 1. The van der Waals surface area contributed by atoms with Crippen molar-refractivity contribution in [2.75, 3.05) is 70.2 Å². The SMILES string of the molecule is C=Cc1cc(C(=O)N2CCC(c3ncnc4cc(N5CCN(C)CC5)cnc34)CC2)ccc1N(C)C. The monoisotopic (exact) mass is 485 g/mol. The number of likely N-dealkylation sites (tertiary alicyclic amines) is 1. The molecule has 1 aromatic carbocycles. The standard InChI is InChI=1S/C28H35N7O/c1-5-20-16-22(6-7-25(20)32(2)3)28(36)35-10-8-21(9-11-35)26-27-24(30-19-31-26)17-23(18-29-27)34-14-12-33(4)13-15-34/h5-7,16-19,21H,1,8-15H2,2-4H3. The second-order valence-electron chi connectivity index (χ2n) is 10.0. The summed E-state index contributed by atoms with van der Waals surface area (Å²) in [5.41, 5.74) is 6.64. The first-order valence-electron chi connectivity index (χ1n) is 12.7. The van der Waals surface area contributed by atoms with Gasteiger partial charge in [0.15, 0.2) is 0 Å². The van der Waals surface area contributed by atoms with Crippen LogP contribution in [0.2, 0.25) is 0 Å². The van der Waals surface area contributed by atoms with Gasteiger partial charge < -0.3 is 19.6 Å². The number of piperidine rings is 1. The lowest BCUT2D eigenvalue weighted by Crippen LogP contribution is -2.44. The fourth-order valence-corrected chi connectivity index (χ4v) is 5.29. The normalized spacial score (nSPS) is 17.4. The van der Waals surface area contributed by atoms with Crippen LogP contribution in [0.5, 0.6) is 0 Å². The summed E-state index contributed by atoms with van der Waals surface area (Å²) in [6.45, 7) is 9.43. The average molecular weight is 486 g/mol. The summed E-state index contributed by atoms with van der Waals surface area (Å²) in [6, 6.07) is 7.99. The van der Waals surface area contributed by atoms with Gasteiger partial charge in [-0.3, -0.25) is 9.78 Å². The molecule has 1 amide bonds. The van der Waals surface area contributed by atoms with Gasteiger partial charge in [0.1, 0.15) is 11.8 Å². The maximum absolute atomic E-state index is 13.2. The van der Waals surface area contributed by atoms with Gasteiger partial charge in [0.25, 0.3) is 5.91 Å². The van der Waals surface area contributed by atoms with Crippen molar-refractivity contribution in [1.29, 1.82) is 0 Å². The molecule has 0 N–H and O–H groups in total. The molecule has 4 heterocycles. The Morgan fingerprint density at radius 2 is 1.78 bits per heavy atom. The average Bonchev–Trinajstić information content (AvgIpc) is 2.92. The molecule has 5 rings (SSSR count). The van der Waals surface area contributed by atoms with E-state index < -0.39 is 0 Å². The fraction of sp³-hybridized carbons (Fsp3) is 0.429. The number of aromatic nitrogens is 3. The Morgan fingerprint density at radius 3 is 2.47 bits per heavy atom. The molecule has 36 heavy (non-hydrogen) atoms. The number of piperazine rings is 1. The molecule has 0 saturated carbocycles. The molecule has 2 fully saturated rings. The lowest BCUT2D eigenvalue weighted by molar-refractivity contribution is 0.0712. The van der Waals surface area contributed by atoms with Crippen molar-refractivity contribution in [3.8, 4) is 0 Å². The molecule has 8 nitrogen and oxygen atoms in total. The summed E-state index contributed by atoms with van der Waals surface area (Å²) >= 11 is 0. The molecule has 2 aliphatic rings. The minimum absolute atomic E-state index is 0.0735. The van der Waals surface area contributed by atoms with Crippen LogP contribution in [0.1, 0.15) is 40.4 Å². The molecule has 0 aliphatic carbocycles. The Morgan fingerprint density at radius 1 is 1.03 bits per heavy atom. The smallest absolute Gasteiger partial charge is 0.253 e. The van der Waals surface area contributed by atoms with Crippen LogP contribution in [-0.4, -0.2) is 91.1 Å².